The predicted octanol–water partition coefficient (Wildman–Crippen LogP) is 0.307. The molecular weight excluding hydrogens is 266 g/mol. The average Bonchev–Trinajstić information content (AvgIpc) is 2.38. The third kappa shape index (κ3) is 4.13. The van der Waals surface area contributed by atoms with Gasteiger partial charge in [0.2, 0.25) is 0 Å². The maximum atomic E-state index is 12.3. The summed E-state index contributed by atoms with van der Waals surface area (Å²) in [7, 11) is -0.334. The van der Waals surface area contributed by atoms with Crippen molar-refractivity contribution in [2.24, 2.45) is 11.7 Å². The van der Waals surface area contributed by atoms with E-state index in [-0.39, 0.29) is 6.54 Å². The normalized spacial score (nSPS) is 28.8. The van der Waals surface area contributed by atoms with E-state index in [4.69, 9.17) is 10.5 Å². The van der Waals surface area contributed by atoms with Crippen molar-refractivity contribution in [1.29, 1.82) is 0 Å². The molecular formula is C12H27N3O3S. The number of likely N-dealkylation sites (N-methyl/N-ethyl adjacent to an activating group) is 1. The van der Waals surface area contributed by atoms with Gasteiger partial charge < -0.3 is 10.5 Å². The smallest absolute Gasteiger partial charge is 0.279 e. The molecule has 1 saturated carbocycles. The summed E-state index contributed by atoms with van der Waals surface area (Å²) in [5.74, 6) is 0.508. The van der Waals surface area contributed by atoms with Crippen LogP contribution >= 0.6 is 0 Å². The van der Waals surface area contributed by atoms with E-state index < -0.39 is 15.7 Å². The molecule has 0 heterocycles. The van der Waals surface area contributed by atoms with Gasteiger partial charge >= 0.3 is 0 Å². The van der Waals surface area contributed by atoms with Crippen LogP contribution in [0.25, 0.3) is 0 Å². The Balaban J connectivity index is 2.79. The lowest BCUT2D eigenvalue weighted by atomic mass is 9.76. The highest BCUT2D eigenvalue weighted by Gasteiger charge is 2.42. The van der Waals surface area contributed by atoms with E-state index in [2.05, 4.69) is 11.6 Å². The molecule has 6 nitrogen and oxygen atoms in total. The number of nitrogens with two attached hydrogens (primary N) is 1. The molecule has 0 amide bonds. The second kappa shape index (κ2) is 6.99. The van der Waals surface area contributed by atoms with Crippen molar-refractivity contribution in [3.63, 3.8) is 0 Å². The van der Waals surface area contributed by atoms with E-state index in [1.807, 2.05) is 0 Å². The van der Waals surface area contributed by atoms with Gasteiger partial charge in [0, 0.05) is 32.8 Å². The molecule has 19 heavy (non-hydrogen) atoms. The Kier molecular flexibility index (Phi) is 6.19. The lowest BCUT2D eigenvalue weighted by molar-refractivity contribution is 0.126. The monoisotopic (exact) mass is 293 g/mol. The van der Waals surface area contributed by atoms with Gasteiger partial charge in [-0.1, -0.05) is 19.8 Å². The first kappa shape index (κ1) is 16.8. The summed E-state index contributed by atoms with van der Waals surface area (Å²) < 4.78 is 33.4. The van der Waals surface area contributed by atoms with Crippen molar-refractivity contribution < 1.29 is 13.2 Å². The number of hydrogen-bond acceptors (Lipinski definition) is 4. The zero-order valence-electron chi connectivity index (χ0n) is 12.2. The Morgan fingerprint density at radius 1 is 1.53 bits per heavy atom. The van der Waals surface area contributed by atoms with Gasteiger partial charge in [0.25, 0.3) is 10.2 Å². The molecule has 114 valence electrons. The fraction of sp³-hybridized carbons (Fsp3) is 1.00. The van der Waals surface area contributed by atoms with Crippen LogP contribution in [0.4, 0.5) is 0 Å². The Bertz CT molecular complexity index is 374. The predicted molar refractivity (Wildman–Crippen MR) is 76.0 cm³/mol. The maximum Gasteiger partial charge on any atom is 0.279 e. The molecule has 0 spiro atoms. The second-order valence-electron chi connectivity index (χ2n) is 5.49. The largest absolute Gasteiger partial charge is 0.383 e. The Labute approximate surface area is 116 Å². The summed E-state index contributed by atoms with van der Waals surface area (Å²) in [6.45, 7) is 3.15. The minimum Gasteiger partial charge on any atom is -0.383 e. The minimum atomic E-state index is -3.50. The van der Waals surface area contributed by atoms with Crippen molar-refractivity contribution in [2.45, 2.75) is 38.1 Å². The first-order valence-corrected chi connectivity index (χ1v) is 8.24. The lowest BCUT2D eigenvalue weighted by Gasteiger charge is -2.44. The molecule has 0 aromatic rings. The van der Waals surface area contributed by atoms with Crippen LogP contribution in [0.15, 0.2) is 0 Å². The molecule has 0 saturated heterocycles. The number of hydrogen-bond donors (Lipinski definition) is 2. The molecule has 0 bridgehead atoms. The number of methoxy groups -OCH3 is 1. The molecule has 7 heteroatoms. The van der Waals surface area contributed by atoms with Crippen LogP contribution in [0.2, 0.25) is 0 Å². The van der Waals surface area contributed by atoms with Gasteiger partial charge in [-0.2, -0.15) is 17.4 Å². The number of nitrogens with zero attached hydrogens (tertiary/aromatic N) is 1. The summed E-state index contributed by atoms with van der Waals surface area (Å²) in [4.78, 5) is 0. The van der Waals surface area contributed by atoms with Gasteiger partial charge in [0.15, 0.2) is 0 Å². The summed E-state index contributed by atoms with van der Waals surface area (Å²) in [6, 6.07) is 0. The van der Waals surface area contributed by atoms with Crippen LogP contribution in [0, 0.1) is 5.92 Å². The first-order chi connectivity index (χ1) is 8.88. The molecule has 1 aliphatic carbocycles. The van der Waals surface area contributed by atoms with Crippen LogP contribution in [0.5, 0.6) is 0 Å². The Morgan fingerprint density at radius 3 is 2.74 bits per heavy atom. The number of ether oxygens (including phenoxy) is 1. The van der Waals surface area contributed by atoms with Crippen molar-refractivity contribution in [3.05, 3.63) is 0 Å². The first-order valence-electron chi connectivity index (χ1n) is 6.80. The van der Waals surface area contributed by atoms with Gasteiger partial charge in [-0.15, -0.1) is 0 Å². The van der Waals surface area contributed by atoms with Gasteiger partial charge in [-0.3, -0.25) is 0 Å². The molecule has 0 aromatic heterocycles. The quantitative estimate of drug-likeness (QED) is 0.662. The highest BCUT2D eigenvalue weighted by Crippen LogP contribution is 2.36. The highest BCUT2D eigenvalue weighted by molar-refractivity contribution is 7.87. The van der Waals surface area contributed by atoms with E-state index in [0.717, 1.165) is 25.7 Å². The standard InChI is InChI=1S/C12H27N3O3S/c1-11-5-4-6-12(9-11,10-13)15(2)19(16,17)14-7-8-18-3/h11,14H,4-10,13H2,1-3H3. The topological polar surface area (TPSA) is 84.7 Å². The van der Waals surface area contributed by atoms with Crippen molar-refractivity contribution >= 4 is 10.2 Å². The average molecular weight is 293 g/mol. The molecule has 0 radical (unpaired) electrons. The highest BCUT2D eigenvalue weighted by atomic mass is 32.2. The number of nitrogens with one attached hydrogen (secondary N) is 1. The molecule has 0 aromatic carbocycles. The molecule has 3 N–H and O–H groups in total. The fourth-order valence-electron chi connectivity index (χ4n) is 2.86. The summed E-state index contributed by atoms with van der Waals surface area (Å²) >= 11 is 0. The minimum absolute atomic E-state index is 0.277. The van der Waals surface area contributed by atoms with Crippen LogP contribution in [0.3, 0.4) is 0 Å². The van der Waals surface area contributed by atoms with Crippen molar-refractivity contribution in [1.82, 2.24) is 9.03 Å². The van der Waals surface area contributed by atoms with E-state index in [9.17, 15) is 8.42 Å². The lowest BCUT2D eigenvalue weighted by Crippen LogP contribution is -2.59. The maximum absolute atomic E-state index is 12.3. The molecule has 1 rings (SSSR count). The Hall–Kier alpha value is -0.210. The van der Waals surface area contributed by atoms with Crippen LogP contribution in [-0.2, 0) is 14.9 Å². The zero-order chi connectivity index (χ0) is 14.5. The SMILES string of the molecule is COCCNS(=O)(=O)N(C)C1(CN)CCCC(C)C1. The summed E-state index contributed by atoms with van der Waals surface area (Å²) in [5.41, 5.74) is 5.45. The third-order valence-electron chi connectivity index (χ3n) is 4.07. The zero-order valence-corrected chi connectivity index (χ0v) is 13.0. The van der Waals surface area contributed by atoms with Gasteiger partial charge in [0.1, 0.15) is 0 Å². The summed E-state index contributed by atoms with van der Waals surface area (Å²) in [5, 5.41) is 0. The Morgan fingerprint density at radius 2 is 2.21 bits per heavy atom. The van der Waals surface area contributed by atoms with E-state index in [0.29, 0.717) is 19.1 Å². The number of rotatable bonds is 7. The second-order valence-corrected chi connectivity index (χ2v) is 7.28. The van der Waals surface area contributed by atoms with E-state index >= 15 is 0 Å². The van der Waals surface area contributed by atoms with Crippen LogP contribution in [-0.4, -0.2) is 52.1 Å². The molecule has 1 fully saturated rings. The van der Waals surface area contributed by atoms with Crippen molar-refractivity contribution in [3.8, 4) is 0 Å². The van der Waals surface area contributed by atoms with Crippen molar-refractivity contribution in [2.75, 3.05) is 33.9 Å². The molecule has 2 unspecified atom stereocenters. The van der Waals surface area contributed by atoms with Gasteiger partial charge in [0.05, 0.1) is 6.61 Å². The molecule has 0 aliphatic heterocycles. The van der Waals surface area contributed by atoms with Crippen LogP contribution in [0.1, 0.15) is 32.6 Å². The third-order valence-corrected chi connectivity index (χ3v) is 5.74. The van der Waals surface area contributed by atoms with Gasteiger partial charge in [-0.25, -0.2) is 0 Å². The fourth-order valence-corrected chi connectivity index (χ4v) is 4.14. The molecule has 2 atom stereocenters. The molecule has 1 aliphatic rings. The summed E-state index contributed by atoms with van der Waals surface area (Å²) in [6.07, 6.45) is 3.82. The van der Waals surface area contributed by atoms with Crippen LogP contribution < -0.4 is 10.5 Å². The van der Waals surface area contributed by atoms with E-state index in [1.165, 1.54) is 4.31 Å². The van der Waals surface area contributed by atoms with Gasteiger partial charge in [-0.05, 0) is 18.8 Å². The van der Waals surface area contributed by atoms with E-state index in [1.54, 1.807) is 14.2 Å².